The van der Waals surface area contributed by atoms with E-state index in [-0.39, 0.29) is 12.1 Å². The van der Waals surface area contributed by atoms with Gasteiger partial charge < -0.3 is 16.0 Å². The molecule has 2 amide bonds. The number of carbonyl (C=O) groups excluding carboxylic acids is 1. The fourth-order valence-corrected chi connectivity index (χ4v) is 2.33. The minimum absolute atomic E-state index is 0.0919. The quantitative estimate of drug-likeness (QED) is 0.757. The molecule has 1 saturated carbocycles. The van der Waals surface area contributed by atoms with Crippen LogP contribution in [0.3, 0.4) is 0 Å². The number of nitrogens with two attached hydrogens (primary N) is 1. The third kappa shape index (κ3) is 2.88. The molecule has 2 rings (SSSR count). The molecule has 16 heavy (non-hydrogen) atoms. The fourth-order valence-electron chi connectivity index (χ4n) is 2.33. The Morgan fingerprint density at radius 2 is 2.00 bits per heavy atom. The SMILES string of the molecule is CC1CCN(C(=O)NC(CN)C2CC2)CC1. The summed E-state index contributed by atoms with van der Waals surface area (Å²) in [6.45, 7) is 4.62. The molecular weight excluding hydrogens is 202 g/mol. The maximum Gasteiger partial charge on any atom is 0.317 e. The van der Waals surface area contributed by atoms with E-state index in [0.29, 0.717) is 12.5 Å². The first kappa shape index (κ1) is 11.7. The topological polar surface area (TPSA) is 58.4 Å². The number of hydrogen-bond acceptors (Lipinski definition) is 2. The Hall–Kier alpha value is -0.770. The lowest BCUT2D eigenvalue weighted by molar-refractivity contribution is 0.169. The van der Waals surface area contributed by atoms with Crippen LogP contribution in [0.4, 0.5) is 4.79 Å². The van der Waals surface area contributed by atoms with Crippen molar-refractivity contribution in [3.63, 3.8) is 0 Å². The molecule has 0 bridgehead atoms. The number of rotatable bonds is 3. The van der Waals surface area contributed by atoms with Gasteiger partial charge in [-0.2, -0.15) is 0 Å². The molecule has 1 aliphatic carbocycles. The molecule has 1 aliphatic heterocycles. The van der Waals surface area contributed by atoms with Crippen molar-refractivity contribution in [2.24, 2.45) is 17.6 Å². The second-order valence-electron chi connectivity index (χ2n) is 5.30. The molecule has 3 N–H and O–H groups in total. The lowest BCUT2D eigenvalue weighted by Gasteiger charge is -2.31. The van der Waals surface area contributed by atoms with Crippen LogP contribution in [0, 0.1) is 11.8 Å². The predicted molar refractivity (Wildman–Crippen MR) is 64.1 cm³/mol. The summed E-state index contributed by atoms with van der Waals surface area (Å²) >= 11 is 0. The first-order valence-electron chi connectivity index (χ1n) is 6.46. The molecule has 2 fully saturated rings. The fraction of sp³-hybridized carbons (Fsp3) is 0.917. The molecule has 4 heteroatoms. The van der Waals surface area contributed by atoms with E-state index in [2.05, 4.69) is 12.2 Å². The Morgan fingerprint density at radius 1 is 1.38 bits per heavy atom. The highest BCUT2D eigenvalue weighted by atomic mass is 16.2. The normalized spacial score (nSPS) is 24.2. The Kier molecular flexibility index (Phi) is 3.69. The van der Waals surface area contributed by atoms with E-state index in [1.165, 1.54) is 12.8 Å². The van der Waals surface area contributed by atoms with E-state index < -0.39 is 0 Å². The van der Waals surface area contributed by atoms with Crippen LogP contribution in [-0.4, -0.2) is 36.6 Å². The predicted octanol–water partition coefficient (Wildman–Crippen LogP) is 1.17. The first-order chi connectivity index (χ1) is 7.70. The summed E-state index contributed by atoms with van der Waals surface area (Å²) in [5, 5.41) is 3.08. The van der Waals surface area contributed by atoms with Gasteiger partial charge in [0.1, 0.15) is 0 Å². The zero-order chi connectivity index (χ0) is 11.5. The molecule has 4 nitrogen and oxygen atoms in total. The molecule has 1 saturated heterocycles. The van der Waals surface area contributed by atoms with Crippen LogP contribution in [0.25, 0.3) is 0 Å². The van der Waals surface area contributed by atoms with Gasteiger partial charge in [-0.3, -0.25) is 0 Å². The number of nitrogens with zero attached hydrogens (tertiary/aromatic N) is 1. The lowest BCUT2D eigenvalue weighted by Crippen LogP contribution is -2.50. The number of carbonyl (C=O) groups is 1. The number of nitrogens with one attached hydrogen (secondary N) is 1. The molecule has 1 atom stereocenters. The van der Waals surface area contributed by atoms with Crippen molar-refractivity contribution in [1.82, 2.24) is 10.2 Å². The van der Waals surface area contributed by atoms with Gasteiger partial charge in [-0.25, -0.2) is 4.79 Å². The van der Waals surface area contributed by atoms with Crippen molar-refractivity contribution in [2.45, 2.75) is 38.6 Å². The summed E-state index contributed by atoms with van der Waals surface area (Å²) in [6.07, 6.45) is 4.70. The minimum Gasteiger partial charge on any atom is -0.334 e. The molecule has 1 unspecified atom stereocenters. The van der Waals surface area contributed by atoms with Gasteiger partial charge in [0, 0.05) is 25.7 Å². The molecule has 0 spiro atoms. The van der Waals surface area contributed by atoms with Crippen molar-refractivity contribution in [1.29, 1.82) is 0 Å². The van der Waals surface area contributed by atoms with E-state index in [4.69, 9.17) is 5.73 Å². The van der Waals surface area contributed by atoms with Crippen LogP contribution in [-0.2, 0) is 0 Å². The summed E-state index contributed by atoms with van der Waals surface area (Å²) in [5.74, 6) is 1.40. The Labute approximate surface area is 97.6 Å². The van der Waals surface area contributed by atoms with Gasteiger partial charge >= 0.3 is 6.03 Å². The van der Waals surface area contributed by atoms with E-state index in [9.17, 15) is 4.79 Å². The zero-order valence-electron chi connectivity index (χ0n) is 10.1. The Bertz CT molecular complexity index is 245. The Balaban J connectivity index is 1.78. The lowest BCUT2D eigenvalue weighted by atomic mass is 9.99. The largest absolute Gasteiger partial charge is 0.334 e. The molecule has 92 valence electrons. The van der Waals surface area contributed by atoms with Crippen LogP contribution < -0.4 is 11.1 Å². The molecule has 0 aromatic rings. The van der Waals surface area contributed by atoms with Gasteiger partial charge in [0.15, 0.2) is 0 Å². The van der Waals surface area contributed by atoms with Crippen LogP contribution in [0.15, 0.2) is 0 Å². The third-order valence-electron chi connectivity index (χ3n) is 3.82. The standard InChI is InChI=1S/C12H23N3O/c1-9-4-6-15(7-5-9)12(16)14-11(8-13)10-2-3-10/h9-11H,2-8,13H2,1H3,(H,14,16). The first-order valence-corrected chi connectivity index (χ1v) is 6.46. The minimum atomic E-state index is 0.0919. The molecular formula is C12H23N3O. The second-order valence-corrected chi connectivity index (χ2v) is 5.30. The van der Waals surface area contributed by atoms with E-state index >= 15 is 0 Å². The smallest absolute Gasteiger partial charge is 0.317 e. The summed E-state index contributed by atoms with van der Waals surface area (Å²) in [6, 6.07) is 0.293. The van der Waals surface area contributed by atoms with Crippen LogP contribution >= 0.6 is 0 Å². The van der Waals surface area contributed by atoms with Gasteiger partial charge in [0.05, 0.1) is 0 Å². The maximum absolute atomic E-state index is 12.0. The van der Waals surface area contributed by atoms with Gasteiger partial charge in [-0.15, -0.1) is 0 Å². The molecule has 1 heterocycles. The van der Waals surface area contributed by atoms with Crippen LogP contribution in [0.5, 0.6) is 0 Å². The number of amides is 2. The van der Waals surface area contributed by atoms with Gasteiger partial charge in [-0.1, -0.05) is 6.92 Å². The molecule has 0 aromatic carbocycles. The average Bonchev–Trinajstić information content (AvgIpc) is 3.10. The number of piperidine rings is 1. The summed E-state index contributed by atoms with van der Waals surface area (Å²) in [5.41, 5.74) is 5.68. The van der Waals surface area contributed by atoms with Gasteiger partial charge in [0.25, 0.3) is 0 Å². The monoisotopic (exact) mass is 225 g/mol. The summed E-state index contributed by atoms with van der Waals surface area (Å²) < 4.78 is 0. The van der Waals surface area contributed by atoms with E-state index in [0.717, 1.165) is 31.8 Å². The maximum atomic E-state index is 12.0. The highest BCUT2D eigenvalue weighted by molar-refractivity contribution is 5.74. The van der Waals surface area contributed by atoms with Crippen LogP contribution in [0.1, 0.15) is 32.6 Å². The van der Waals surface area contributed by atoms with Gasteiger partial charge in [0.2, 0.25) is 0 Å². The summed E-state index contributed by atoms with van der Waals surface area (Å²) in [7, 11) is 0. The average molecular weight is 225 g/mol. The highest BCUT2D eigenvalue weighted by Gasteiger charge is 2.32. The van der Waals surface area contributed by atoms with Crippen molar-refractivity contribution < 1.29 is 4.79 Å². The van der Waals surface area contributed by atoms with Crippen molar-refractivity contribution in [2.75, 3.05) is 19.6 Å². The Morgan fingerprint density at radius 3 is 2.50 bits per heavy atom. The van der Waals surface area contributed by atoms with E-state index in [1.54, 1.807) is 0 Å². The number of urea groups is 1. The summed E-state index contributed by atoms with van der Waals surface area (Å²) in [4.78, 5) is 13.9. The highest BCUT2D eigenvalue weighted by Crippen LogP contribution is 2.32. The number of hydrogen-bond donors (Lipinski definition) is 2. The third-order valence-corrected chi connectivity index (χ3v) is 3.82. The van der Waals surface area contributed by atoms with Crippen LogP contribution in [0.2, 0.25) is 0 Å². The zero-order valence-corrected chi connectivity index (χ0v) is 10.1. The molecule has 0 radical (unpaired) electrons. The van der Waals surface area contributed by atoms with Gasteiger partial charge in [-0.05, 0) is 37.5 Å². The van der Waals surface area contributed by atoms with E-state index in [1.807, 2.05) is 4.90 Å². The second kappa shape index (κ2) is 5.04. The molecule has 2 aliphatic rings. The number of likely N-dealkylation sites (tertiary alicyclic amines) is 1. The van der Waals surface area contributed by atoms with Crippen molar-refractivity contribution >= 4 is 6.03 Å². The molecule has 0 aromatic heterocycles. The van der Waals surface area contributed by atoms with Crippen molar-refractivity contribution in [3.8, 4) is 0 Å². The van der Waals surface area contributed by atoms with Crippen molar-refractivity contribution in [3.05, 3.63) is 0 Å².